The highest BCUT2D eigenvalue weighted by atomic mass is 32.2. The molecular formula is C21H27N3O4S. The van der Waals surface area contributed by atoms with Gasteiger partial charge in [0.25, 0.3) is 5.91 Å². The largest absolute Gasteiger partial charge is 0.497 e. The molecule has 1 aliphatic heterocycles. The fourth-order valence-corrected chi connectivity index (χ4v) is 4.66. The molecule has 2 aromatic rings. The average Bonchev–Trinajstić information content (AvgIpc) is 2.74. The summed E-state index contributed by atoms with van der Waals surface area (Å²) in [6, 6.07) is 13.9. The number of methoxy groups -OCH3 is 1. The number of benzene rings is 2. The molecule has 2 aromatic carbocycles. The molecule has 7 nitrogen and oxygen atoms in total. The van der Waals surface area contributed by atoms with Crippen molar-refractivity contribution in [3.8, 4) is 5.75 Å². The first kappa shape index (κ1) is 21.3. The van der Waals surface area contributed by atoms with E-state index in [0.29, 0.717) is 44.7 Å². The van der Waals surface area contributed by atoms with Crippen molar-refractivity contribution in [2.24, 2.45) is 0 Å². The lowest BCUT2D eigenvalue weighted by atomic mass is 10.1. The van der Waals surface area contributed by atoms with Crippen molar-refractivity contribution in [2.45, 2.75) is 11.3 Å². The minimum atomic E-state index is -3.60. The van der Waals surface area contributed by atoms with Crippen molar-refractivity contribution < 1.29 is 17.9 Å². The van der Waals surface area contributed by atoms with E-state index < -0.39 is 10.0 Å². The van der Waals surface area contributed by atoms with Crippen molar-refractivity contribution >= 4 is 15.9 Å². The summed E-state index contributed by atoms with van der Waals surface area (Å²) in [6.07, 6.45) is 0.676. The number of likely N-dealkylation sites (N-methyl/N-ethyl adjacent to an activating group) is 1. The Balaban J connectivity index is 1.61. The molecule has 0 unspecified atom stereocenters. The zero-order chi connectivity index (χ0) is 20.9. The predicted octanol–water partition coefficient (Wildman–Crippen LogP) is 1.60. The van der Waals surface area contributed by atoms with E-state index in [-0.39, 0.29) is 10.8 Å². The van der Waals surface area contributed by atoms with Gasteiger partial charge < -0.3 is 15.0 Å². The molecule has 0 aromatic heterocycles. The van der Waals surface area contributed by atoms with Gasteiger partial charge in [-0.05, 0) is 49.4 Å². The van der Waals surface area contributed by atoms with E-state index >= 15 is 0 Å². The Bertz CT molecular complexity index is 937. The molecule has 1 aliphatic rings. The molecule has 3 rings (SSSR count). The number of nitrogens with zero attached hydrogens (tertiary/aromatic N) is 2. The summed E-state index contributed by atoms with van der Waals surface area (Å²) in [6.45, 7) is 2.77. The van der Waals surface area contributed by atoms with E-state index in [1.165, 1.54) is 10.4 Å². The molecule has 29 heavy (non-hydrogen) atoms. The summed E-state index contributed by atoms with van der Waals surface area (Å²) < 4.78 is 32.4. The van der Waals surface area contributed by atoms with E-state index in [0.717, 1.165) is 11.3 Å². The lowest BCUT2D eigenvalue weighted by Gasteiger charge is -2.31. The van der Waals surface area contributed by atoms with Crippen molar-refractivity contribution in [2.75, 3.05) is 46.9 Å². The van der Waals surface area contributed by atoms with Crippen LogP contribution in [0.15, 0.2) is 53.4 Å². The minimum absolute atomic E-state index is 0.157. The number of hydrogen-bond acceptors (Lipinski definition) is 5. The number of nitrogens with one attached hydrogen (secondary N) is 1. The maximum Gasteiger partial charge on any atom is 0.251 e. The molecule has 0 radical (unpaired) electrons. The molecule has 0 atom stereocenters. The first-order valence-electron chi connectivity index (χ1n) is 9.60. The molecule has 0 spiro atoms. The third-order valence-electron chi connectivity index (χ3n) is 5.05. The monoisotopic (exact) mass is 417 g/mol. The third kappa shape index (κ3) is 5.35. The van der Waals surface area contributed by atoms with Crippen LogP contribution < -0.4 is 10.1 Å². The first-order valence-corrected chi connectivity index (χ1v) is 11.0. The van der Waals surface area contributed by atoms with Gasteiger partial charge in [-0.2, -0.15) is 4.31 Å². The van der Waals surface area contributed by atoms with Gasteiger partial charge in [0, 0.05) is 38.3 Å². The van der Waals surface area contributed by atoms with Gasteiger partial charge >= 0.3 is 0 Å². The van der Waals surface area contributed by atoms with E-state index in [1.54, 1.807) is 25.3 Å². The standard InChI is InChI=1S/C21H27N3O4S/c1-23-12-14-24(15-13-23)29(26,27)20-5-3-4-18(16-20)21(25)22-11-10-17-6-8-19(28-2)9-7-17/h3-9,16H,10-15H2,1-2H3,(H,22,25). The van der Waals surface area contributed by atoms with E-state index in [2.05, 4.69) is 10.2 Å². The zero-order valence-electron chi connectivity index (χ0n) is 16.8. The van der Waals surface area contributed by atoms with Gasteiger partial charge in [-0.1, -0.05) is 18.2 Å². The molecule has 0 saturated carbocycles. The second-order valence-electron chi connectivity index (χ2n) is 7.09. The average molecular weight is 418 g/mol. The van der Waals surface area contributed by atoms with Gasteiger partial charge in [0.1, 0.15) is 5.75 Å². The summed E-state index contributed by atoms with van der Waals surface area (Å²) in [4.78, 5) is 14.7. The van der Waals surface area contributed by atoms with Gasteiger partial charge in [0.15, 0.2) is 0 Å². The second kappa shape index (κ2) is 9.39. The van der Waals surface area contributed by atoms with Crippen molar-refractivity contribution in [3.63, 3.8) is 0 Å². The van der Waals surface area contributed by atoms with Gasteiger partial charge in [0.05, 0.1) is 12.0 Å². The Hall–Kier alpha value is -2.42. The van der Waals surface area contributed by atoms with Crippen LogP contribution in [0.2, 0.25) is 0 Å². The van der Waals surface area contributed by atoms with Gasteiger partial charge in [0.2, 0.25) is 10.0 Å². The molecule has 1 heterocycles. The predicted molar refractivity (Wildman–Crippen MR) is 112 cm³/mol. The molecule has 0 bridgehead atoms. The number of rotatable bonds is 7. The first-order chi connectivity index (χ1) is 13.9. The smallest absolute Gasteiger partial charge is 0.251 e. The Morgan fingerprint density at radius 1 is 1.07 bits per heavy atom. The molecule has 1 fully saturated rings. The van der Waals surface area contributed by atoms with E-state index in [9.17, 15) is 13.2 Å². The van der Waals surface area contributed by atoms with Crippen LogP contribution in [-0.2, 0) is 16.4 Å². The van der Waals surface area contributed by atoms with Crippen molar-refractivity contribution in [1.29, 1.82) is 0 Å². The number of amides is 1. The van der Waals surface area contributed by atoms with Crippen LogP contribution in [0.3, 0.4) is 0 Å². The molecule has 8 heteroatoms. The number of piperazine rings is 1. The molecule has 1 N–H and O–H groups in total. The fraction of sp³-hybridized carbons (Fsp3) is 0.381. The van der Waals surface area contributed by atoms with Crippen LogP contribution in [0.25, 0.3) is 0 Å². The molecule has 156 valence electrons. The summed E-state index contributed by atoms with van der Waals surface area (Å²) in [7, 11) is -0.00540. The lowest BCUT2D eigenvalue weighted by Crippen LogP contribution is -2.47. The minimum Gasteiger partial charge on any atom is -0.497 e. The third-order valence-corrected chi connectivity index (χ3v) is 6.95. The van der Waals surface area contributed by atoms with Crippen LogP contribution in [0, 0.1) is 0 Å². The maximum atomic E-state index is 12.9. The Morgan fingerprint density at radius 3 is 2.41 bits per heavy atom. The topological polar surface area (TPSA) is 78.9 Å². The SMILES string of the molecule is COc1ccc(CCNC(=O)c2cccc(S(=O)(=O)N3CCN(C)CC3)c2)cc1. The van der Waals surface area contributed by atoms with Gasteiger partial charge in [-0.3, -0.25) is 4.79 Å². The normalized spacial score (nSPS) is 15.8. The summed E-state index contributed by atoms with van der Waals surface area (Å²) >= 11 is 0. The van der Waals surface area contributed by atoms with Crippen LogP contribution in [-0.4, -0.2) is 70.4 Å². The molecule has 1 amide bonds. The fourth-order valence-electron chi connectivity index (χ4n) is 3.19. The number of ether oxygens (including phenoxy) is 1. The Labute approximate surface area is 172 Å². The number of carbonyl (C=O) groups excluding carboxylic acids is 1. The number of carbonyl (C=O) groups is 1. The summed E-state index contributed by atoms with van der Waals surface area (Å²) in [5, 5.41) is 2.85. The van der Waals surface area contributed by atoms with Crippen LogP contribution in [0.1, 0.15) is 15.9 Å². The van der Waals surface area contributed by atoms with Crippen molar-refractivity contribution in [3.05, 3.63) is 59.7 Å². The lowest BCUT2D eigenvalue weighted by molar-refractivity contribution is 0.0954. The second-order valence-corrected chi connectivity index (χ2v) is 9.03. The summed E-state index contributed by atoms with van der Waals surface area (Å²) in [5.74, 6) is 0.505. The highest BCUT2D eigenvalue weighted by Gasteiger charge is 2.27. The number of hydrogen-bond donors (Lipinski definition) is 1. The Morgan fingerprint density at radius 2 is 1.76 bits per heavy atom. The van der Waals surface area contributed by atoms with E-state index in [4.69, 9.17) is 4.74 Å². The number of sulfonamides is 1. The highest BCUT2D eigenvalue weighted by molar-refractivity contribution is 7.89. The Kier molecular flexibility index (Phi) is 6.89. The van der Waals surface area contributed by atoms with Crippen LogP contribution in [0.4, 0.5) is 0 Å². The molecule has 0 aliphatic carbocycles. The quantitative estimate of drug-likeness (QED) is 0.740. The van der Waals surface area contributed by atoms with E-state index in [1.807, 2.05) is 31.3 Å². The van der Waals surface area contributed by atoms with Crippen LogP contribution in [0.5, 0.6) is 5.75 Å². The van der Waals surface area contributed by atoms with Gasteiger partial charge in [-0.25, -0.2) is 8.42 Å². The van der Waals surface area contributed by atoms with Crippen molar-refractivity contribution in [1.82, 2.24) is 14.5 Å². The van der Waals surface area contributed by atoms with Crippen LogP contribution >= 0.6 is 0 Å². The zero-order valence-corrected chi connectivity index (χ0v) is 17.6. The van der Waals surface area contributed by atoms with Gasteiger partial charge in [-0.15, -0.1) is 0 Å². The molecular weight excluding hydrogens is 390 g/mol. The highest BCUT2D eigenvalue weighted by Crippen LogP contribution is 2.19. The maximum absolute atomic E-state index is 12.9. The summed E-state index contributed by atoms with van der Waals surface area (Å²) in [5.41, 5.74) is 1.42. The molecule has 1 saturated heterocycles.